The van der Waals surface area contributed by atoms with Crippen molar-refractivity contribution in [3.63, 3.8) is 0 Å². The maximum atomic E-state index is 12.5. The van der Waals surface area contributed by atoms with Crippen molar-refractivity contribution in [3.8, 4) is 0 Å². The number of carboxylic acid groups (broad SMARTS) is 1. The highest BCUT2D eigenvalue weighted by Crippen LogP contribution is 2.20. The third-order valence-electron chi connectivity index (χ3n) is 4.99. The van der Waals surface area contributed by atoms with Crippen LogP contribution in [0.5, 0.6) is 0 Å². The average Bonchev–Trinajstić information content (AvgIpc) is 3.31. The molecule has 1 aromatic rings. The Balaban J connectivity index is 0.000000762. The Morgan fingerprint density at radius 3 is 2.40 bits per heavy atom. The fourth-order valence-electron chi connectivity index (χ4n) is 3.20. The van der Waals surface area contributed by atoms with Crippen LogP contribution >= 0.6 is 0 Å². The minimum atomic E-state index is -5.08. The van der Waals surface area contributed by atoms with Gasteiger partial charge in [0, 0.05) is 13.1 Å². The number of aliphatic carboxylic acids is 1. The van der Waals surface area contributed by atoms with E-state index in [1.165, 1.54) is 12.0 Å². The van der Waals surface area contributed by atoms with E-state index in [4.69, 9.17) is 25.1 Å². The van der Waals surface area contributed by atoms with Gasteiger partial charge in [-0.15, -0.1) is 0 Å². The number of hydrogen-bond donors (Lipinski definition) is 3. The summed E-state index contributed by atoms with van der Waals surface area (Å²) in [6, 6.07) is 8.26. The largest absolute Gasteiger partial charge is 0.490 e. The van der Waals surface area contributed by atoms with Crippen molar-refractivity contribution in [3.05, 3.63) is 35.9 Å². The zero-order valence-corrected chi connectivity index (χ0v) is 19.3. The monoisotopic (exact) mass is 505 g/mol. The highest BCUT2D eigenvalue weighted by atomic mass is 19.4. The van der Waals surface area contributed by atoms with E-state index in [0.717, 1.165) is 12.0 Å². The van der Waals surface area contributed by atoms with Crippen molar-refractivity contribution in [1.29, 1.82) is 0 Å². The maximum Gasteiger partial charge on any atom is 0.490 e. The van der Waals surface area contributed by atoms with Gasteiger partial charge in [0.15, 0.2) is 0 Å². The number of carbonyl (C=O) groups excluding carboxylic acids is 3. The number of alkyl halides is 3. The fraction of sp³-hybridized carbons (Fsp3) is 0.545. The number of methoxy groups -OCH3 is 1. The predicted molar refractivity (Wildman–Crippen MR) is 117 cm³/mol. The van der Waals surface area contributed by atoms with E-state index < -0.39 is 36.3 Å². The Morgan fingerprint density at radius 2 is 1.83 bits per heavy atom. The Labute approximate surface area is 200 Å². The van der Waals surface area contributed by atoms with Crippen LogP contribution in [0.15, 0.2) is 30.3 Å². The van der Waals surface area contributed by atoms with Gasteiger partial charge in [-0.25, -0.2) is 14.4 Å². The number of rotatable bonds is 9. The number of halogens is 3. The molecule has 4 N–H and O–H groups in total. The maximum absolute atomic E-state index is 12.5. The van der Waals surface area contributed by atoms with E-state index in [2.05, 4.69) is 5.32 Å². The first-order chi connectivity index (χ1) is 16.5. The van der Waals surface area contributed by atoms with Gasteiger partial charge in [0.05, 0.1) is 13.2 Å². The van der Waals surface area contributed by atoms with Gasteiger partial charge in [-0.1, -0.05) is 30.3 Å². The SMILES string of the molecule is COC(=O)[C@@H]1CCCN1C(=O)[C@@H](N)CCCCNC(=O)OCc1ccccc1.O=C(O)C(F)(F)F. The number of unbranched alkanes of at least 4 members (excludes halogenated alkanes) is 1. The van der Waals surface area contributed by atoms with Crippen LogP contribution in [0, 0.1) is 0 Å². The van der Waals surface area contributed by atoms with E-state index in [-0.39, 0.29) is 12.5 Å². The number of likely N-dealkylation sites (tertiary alicyclic amines) is 1. The molecule has 1 heterocycles. The van der Waals surface area contributed by atoms with Crippen LogP contribution in [-0.2, 0) is 30.5 Å². The minimum absolute atomic E-state index is 0.219. The summed E-state index contributed by atoms with van der Waals surface area (Å²) < 4.78 is 41.6. The number of alkyl carbamates (subject to hydrolysis) is 1. The standard InChI is InChI=1S/C20H29N3O5.C2HF3O2/c1-27-19(25)17-11-7-13-23(17)18(24)16(21)10-5-6-12-22-20(26)28-14-15-8-3-2-4-9-15;3-2(4,5)1(6)7/h2-4,8-9,16-17H,5-7,10-14,21H2,1H3,(H,22,26);(H,6,7)/t16-,17-;/m0./s1. The molecule has 13 heteroatoms. The molecular formula is C22H30F3N3O7. The Bertz CT molecular complexity index is 837. The minimum Gasteiger partial charge on any atom is -0.475 e. The van der Waals surface area contributed by atoms with Gasteiger partial charge in [-0.2, -0.15) is 13.2 Å². The zero-order chi connectivity index (χ0) is 26.4. The Morgan fingerprint density at radius 1 is 1.20 bits per heavy atom. The van der Waals surface area contributed by atoms with Crippen LogP contribution in [0.2, 0.25) is 0 Å². The number of carbonyl (C=O) groups is 4. The van der Waals surface area contributed by atoms with Gasteiger partial charge in [-0.3, -0.25) is 4.79 Å². The van der Waals surface area contributed by atoms with Crippen molar-refractivity contribution in [2.75, 3.05) is 20.2 Å². The first-order valence-corrected chi connectivity index (χ1v) is 10.9. The molecule has 1 aliphatic heterocycles. The third-order valence-corrected chi connectivity index (χ3v) is 4.99. The van der Waals surface area contributed by atoms with Crippen molar-refractivity contribution in [1.82, 2.24) is 10.2 Å². The average molecular weight is 505 g/mol. The van der Waals surface area contributed by atoms with Crippen LogP contribution in [-0.4, -0.2) is 72.4 Å². The normalized spacial score (nSPS) is 15.9. The number of amides is 2. The highest BCUT2D eigenvalue weighted by molar-refractivity contribution is 5.88. The summed E-state index contributed by atoms with van der Waals surface area (Å²) in [4.78, 5) is 46.3. The second-order valence-electron chi connectivity index (χ2n) is 7.61. The molecule has 0 unspecified atom stereocenters. The molecule has 0 spiro atoms. The highest BCUT2D eigenvalue weighted by Gasteiger charge is 2.38. The Kier molecular flexibility index (Phi) is 12.6. The van der Waals surface area contributed by atoms with Gasteiger partial charge in [0.25, 0.3) is 0 Å². The quantitative estimate of drug-likeness (QED) is 0.342. The first kappa shape index (κ1) is 29.7. The number of nitrogens with two attached hydrogens (primary N) is 1. The van der Waals surface area contributed by atoms with E-state index in [1.54, 1.807) is 0 Å². The Hall–Kier alpha value is -3.35. The summed E-state index contributed by atoms with van der Waals surface area (Å²) in [6.45, 7) is 1.20. The molecule has 2 amide bonds. The number of hydrogen-bond acceptors (Lipinski definition) is 7. The first-order valence-electron chi connectivity index (χ1n) is 10.9. The summed E-state index contributed by atoms with van der Waals surface area (Å²) in [5, 5.41) is 9.81. The molecule has 35 heavy (non-hydrogen) atoms. The van der Waals surface area contributed by atoms with Gasteiger partial charge in [0.1, 0.15) is 12.6 Å². The molecule has 0 radical (unpaired) electrons. The van der Waals surface area contributed by atoms with Crippen molar-refractivity contribution >= 4 is 23.9 Å². The number of carboxylic acids is 1. The summed E-state index contributed by atoms with van der Waals surface area (Å²) in [7, 11) is 1.32. The summed E-state index contributed by atoms with van der Waals surface area (Å²) >= 11 is 0. The zero-order valence-electron chi connectivity index (χ0n) is 19.3. The number of nitrogens with one attached hydrogen (secondary N) is 1. The molecule has 0 aliphatic carbocycles. The van der Waals surface area contributed by atoms with Crippen LogP contribution in [0.1, 0.15) is 37.7 Å². The molecule has 1 aromatic carbocycles. The van der Waals surface area contributed by atoms with Crippen molar-refractivity contribution < 1.29 is 46.9 Å². The van der Waals surface area contributed by atoms with E-state index >= 15 is 0 Å². The number of esters is 1. The van der Waals surface area contributed by atoms with Crippen LogP contribution in [0.3, 0.4) is 0 Å². The molecule has 0 aromatic heterocycles. The lowest BCUT2D eigenvalue weighted by Crippen LogP contribution is -2.48. The molecule has 10 nitrogen and oxygen atoms in total. The second-order valence-corrected chi connectivity index (χ2v) is 7.61. The van der Waals surface area contributed by atoms with Gasteiger partial charge in [0.2, 0.25) is 5.91 Å². The fourth-order valence-corrected chi connectivity index (χ4v) is 3.20. The third kappa shape index (κ3) is 11.1. The van der Waals surface area contributed by atoms with E-state index in [9.17, 15) is 27.6 Å². The molecule has 196 valence electrons. The lowest BCUT2D eigenvalue weighted by molar-refractivity contribution is -0.192. The summed E-state index contributed by atoms with van der Waals surface area (Å²) in [5.74, 6) is -3.37. The molecular weight excluding hydrogens is 475 g/mol. The molecule has 2 rings (SSSR count). The topological polar surface area (TPSA) is 148 Å². The van der Waals surface area contributed by atoms with E-state index in [1.807, 2.05) is 30.3 Å². The molecule has 2 atom stereocenters. The lowest BCUT2D eigenvalue weighted by atomic mass is 10.1. The van der Waals surface area contributed by atoms with E-state index in [0.29, 0.717) is 38.8 Å². The number of nitrogens with zero attached hydrogens (tertiary/aromatic N) is 1. The molecule has 1 fully saturated rings. The molecule has 1 aliphatic rings. The molecule has 0 saturated carbocycles. The van der Waals surface area contributed by atoms with Crippen LogP contribution in [0.4, 0.5) is 18.0 Å². The predicted octanol–water partition coefficient (Wildman–Crippen LogP) is 2.21. The van der Waals surface area contributed by atoms with Gasteiger partial charge in [-0.05, 0) is 37.7 Å². The second kappa shape index (κ2) is 14.8. The summed E-state index contributed by atoms with van der Waals surface area (Å²) in [6.07, 6.45) is -2.32. The van der Waals surface area contributed by atoms with Gasteiger partial charge >= 0.3 is 24.2 Å². The molecule has 0 bridgehead atoms. The van der Waals surface area contributed by atoms with Gasteiger partial charge < -0.3 is 30.5 Å². The van der Waals surface area contributed by atoms with Crippen molar-refractivity contribution in [2.24, 2.45) is 5.73 Å². The molecule has 1 saturated heterocycles. The number of ether oxygens (including phenoxy) is 2. The van der Waals surface area contributed by atoms with Crippen molar-refractivity contribution in [2.45, 2.75) is 57.0 Å². The van der Waals surface area contributed by atoms with Crippen LogP contribution in [0.25, 0.3) is 0 Å². The lowest BCUT2D eigenvalue weighted by Gasteiger charge is -2.25. The number of benzene rings is 1. The smallest absolute Gasteiger partial charge is 0.475 e. The van der Waals surface area contributed by atoms with Crippen LogP contribution < -0.4 is 11.1 Å². The summed E-state index contributed by atoms with van der Waals surface area (Å²) in [5.41, 5.74) is 6.92.